The lowest BCUT2D eigenvalue weighted by Crippen LogP contribution is -2.36. The summed E-state index contributed by atoms with van der Waals surface area (Å²) in [5.74, 6) is -1.07. The van der Waals surface area contributed by atoms with Gasteiger partial charge in [0.25, 0.3) is 5.91 Å². The first-order valence-electron chi connectivity index (χ1n) is 13.1. The minimum Gasteiger partial charge on any atom is -0.456 e. The quantitative estimate of drug-likeness (QED) is 0.329. The van der Waals surface area contributed by atoms with Crippen LogP contribution in [-0.4, -0.2) is 75.9 Å². The summed E-state index contributed by atoms with van der Waals surface area (Å²) in [4.78, 5) is 27.9. The molecule has 10 heteroatoms. The van der Waals surface area contributed by atoms with Crippen molar-refractivity contribution in [2.75, 3.05) is 40.3 Å². The highest BCUT2D eigenvalue weighted by Gasteiger charge is 2.25. The van der Waals surface area contributed by atoms with E-state index in [0.717, 1.165) is 29.1 Å². The summed E-state index contributed by atoms with van der Waals surface area (Å²) in [6, 6.07) is 12.2. The van der Waals surface area contributed by atoms with E-state index >= 15 is 0 Å². The van der Waals surface area contributed by atoms with Crippen LogP contribution in [-0.2, 0) is 27.7 Å². The van der Waals surface area contributed by atoms with Crippen molar-refractivity contribution in [3.05, 3.63) is 64.7 Å². The average molecular weight is 547 g/mol. The molecule has 0 saturated heterocycles. The number of nitrogens with two attached hydrogens (primary N) is 1. The van der Waals surface area contributed by atoms with Gasteiger partial charge in [-0.25, -0.2) is 17.5 Å². The number of benzene rings is 2. The topological polar surface area (TPSA) is 122 Å². The van der Waals surface area contributed by atoms with Crippen LogP contribution in [0.3, 0.4) is 0 Å². The number of amides is 1. The predicted octanol–water partition coefficient (Wildman–Crippen LogP) is 3.04. The Kier molecular flexibility index (Phi) is 12.4. The van der Waals surface area contributed by atoms with Crippen LogP contribution in [0, 0.1) is 0 Å². The van der Waals surface area contributed by atoms with Crippen LogP contribution in [0.2, 0.25) is 0 Å². The molecule has 0 aliphatic carbocycles. The fourth-order valence-corrected chi connectivity index (χ4v) is 4.94. The molecule has 1 atom stereocenters. The molecule has 2 aromatic carbocycles. The van der Waals surface area contributed by atoms with Gasteiger partial charge in [-0.2, -0.15) is 0 Å². The van der Waals surface area contributed by atoms with Gasteiger partial charge >= 0.3 is 5.97 Å². The molecule has 0 bridgehead atoms. The number of nitrogens with zero attached hydrogens (tertiary/aromatic N) is 2. The molecule has 2 aromatic rings. The van der Waals surface area contributed by atoms with E-state index in [0.29, 0.717) is 26.2 Å². The lowest BCUT2D eigenvalue weighted by molar-refractivity contribution is 0.0320. The first kappa shape index (κ1) is 31.4. The Balaban J connectivity index is 2.27. The first-order chi connectivity index (χ1) is 18.1. The van der Waals surface area contributed by atoms with E-state index in [9.17, 15) is 18.0 Å². The number of rotatable bonds is 15. The number of nitrogens with one attached hydrogen (secondary N) is 1. The van der Waals surface area contributed by atoms with E-state index < -0.39 is 22.1 Å². The maximum atomic E-state index is 13.3. The third kappa shape index (κ3) is 8.62. The molecule has 0 spiro atoms. The van der Waals surface area contributed by atoms with Gasteiger partial charge in [0.05, 0.1) is 10.5 Å². The Labute approximate surface area is 227 Å². The Morgan fingerprint density at radius 2 is 1.61 bits per heavy atom. The van der Waals surface area contributed by atoms with Crippen molar-refractivity contribution in [1.29, 1.82) is 0 Å². The molecular formula is C28H42N4O5S. The molecule has 0 saturated carbocycles. The summed E-state index contributed by atoms with van der Waals surface area (Å²) >= 11 is 0. The van der Waals surface area contributed by atoms with Crippen molar-refractivity contribution in [2.24, 2.45) is 5.73 Å². The first-order valence-corrected chi connectivity index (χ1v) is 14.6. The van der Waals surface area contributed by atoms with Crippen LogP contribution >= 0.6 is 0 Å². The minimum absolute atomic E-state index is 0.0154. The third-order valence-corrected chi connectivity index (χ3v) is 7.87. The molecule has 3 N–H and O–H groups in total. The summed E-state index contributed by atoms with van der Waals surface area (Å²) < 4.78 is 32.5. The molecule has 38 heavy (non-hydrogen) atoms. The zero-order chi connectivity index (χ0) is 28.3. The highest BCUT2D eigenvalue weighted by Crippen LogP contribution is 2.21. The number of aryl methyl sites for hydroxylation is 1. The number of carbonyl (C=O) groups is 2. The van der Waals surface area contributed by atoms with E-state index in [1.54, 1.807) is 4.90 Å². The smallest absolute Gasteiger partial charge is 0.338 e. The number of sulfonamides is 1. The Morgan fingerprint density at radius 1 is 0.974 bits per heavy atom. The maximum Gasteiger partial charge on any atom is 0.338 e. The number of esters is 1. The molecule has 1 amide bonds. The number of hydrogen-bond acceptors (Lipinski definition) is 7. The van der Waals surface area contributed by atoms with Crippen molar-refractivity contribution >= 4 is 21.9 Å². The van der Waals surface area contributed by atoms with Crippen LogP contribution in [0.5, 0.6) is 0 Å². The zero-order valence-corrected chi connectivity index (χ0v) is 24.0. The van der Waals surface area contributed by atoms with E-state index in [-0.39, 0.29) is 28.5 Å². The van der Waals surface area contributed by atoms with Crippen molar-refractivity contribution in [1.82, 2.24) is 14.5 Å². The van der Waals surface area contributed by atoms with Gasteiger partial charge in [0, 0.05) is 52.4 Å². The number of carbonyl (C=O) groups excluding carboxylic acids is 2. The van der Waals surface area contributed by atoms with Crippen molar-refractivity contribution in [2.45, 2.75) is 57.6 Å². The third-order valence-electron chi connectivity index (χ3n) is 6.08. The Bertz CT molecular complexity index is 1180. The highest BCUT2D eigenvalue weighted by atomic mass is 32.2. The lowest BCUT2D eigenvalue weighted by Gasteiger charge is -2.23. The molecule has 0 radical (unpaired) electrons. The predicted molar refractivity (Wildman–Crippen MR) is 150 cm³/mol. The summed E-state index contributed by atoms with van der Waals surface area (Å²) in [5, 5.41) is 3.26. The highest BCUT2D eigenvalue weighted by molar-refractivity contribution is 7.89. The van der Waals surface area contributed by atoms with Gasteiger partial charge in [-0.3, -0.25) is 4.79 Å². The second-order valence-corrected chi connectivity index (χ2v) is 11.5. The van der Waals surface area contributed by atoms with Crippen LogP contribution in [0.4, 0.5) is 0 Å². The summed E-state index contributed by atoms with van der Waals surface area (Å²) in [6.45, 7) is 8.07. The molecular weight excluding hydrogens is 504 g/mol. The normalized spacial score (nSPS) is 12.4. The Morgan fingerprint density at radius 3 is 2.18 bits per heavy atom. The molecule has 0 unspecified atom stereocenters. The summed E-state index contributed by atoms with van der Waals surface area (Å²) in [6.07, 6.45) is 1.81. The molecule has 0 aromatic heterocycles. The van der Waals surface area contributed by atoms with Crippen LogP contribution < -0.4 is 11.1 Å². The van der Waals surface area contributed by atoms with Gasteiger partial charge in [0.2, 0.25) is 10.0 Å². The van der Waals surface area contributed by atoms with E-state index in [2.05, 4.69) is 24.4 Å². The van der Waals surface area contributed by atoms with Gasteiger partial charge in [-0.05, 0) is 48.6 Å². The monoisotopic (exact) mass is 546 g/mol. The molecule has 0 aliphatic heterocycles. The second kappa shape index (κ2) is 15.0. The van der Waals surface area contributed by atoms with E-state index in [1.807, 2.05) is 26.0 Å². The molecule has 0 aliphatic rings. The number of ether oxygens (including phenoxy) is 1. The fourth-order valence-electron chi connectivity index (χ4n) is 3.97. The molecule has 0 heterocycles. The standard InChI is InChI=1S/C28H42N4O5S/c1-6-12-32(13-7-2)27(33)23-15-24(17-26(16-23)38(35,36)31(4)5)28(34)37-25(18-29)20-30-19-22-11-9-10-21(8-3)14-22/h9-11,14-17,25,30H,6-8,12-13,18-20,29H2,1-5H3/t25-/m0/s1. The van der Waals surface area contributed by atoms with Gasteiger partial charge in [-0.15, -0.1) is 0 Å². The van der Waals surface area contributed by atoms with Gasteiger partial charge in [-0.1, -0.05) is 45.0 Å². The largest absolute Gasteiger partial charge is 0.456 e. The van der Waals surface area contributed by atoms with Crippen LogP contribution in [0.15, 0.2) is 47.4 Å². The zero-order valence-electron chi connectivity index (χ0n) is 23.2. The van der Waals surface area contributed by atoms with E-state index in [4.69, 9.17) is 10.5 Å². The second-order valence-electron chi connectivity index (χ2n) is 9.39. The minimum atomic E-state index is -3.91. The van der Waals surface area contributed by atoms with Crippen molar-refractivity contribution in [3.8, 4) is 0 Å². The van der Waals surface area contributed by atoms with Gasteiger partial charge in [0.1, 0.15) is 6.10 Å². The van der Waals surface area contributed by atoms with Crippen molar-refractivity contribution in [3.63, 3.8) is 0 Å². The maximum absolute atomic E-state index is 13.3. The fraction of sp³-hybridized carbons (Fsp3) is 0.500. The molecule has 210 valence electrons. The molecule has 2 rings (SSSR count). The van der Waals surface area contributed by atoms with Crippen LogP contribution in [0.25, 0.3) is 0 Å². The summed E-state index contributed by atoms with van der Waals surface area (Å²) in [5.41, 5.74) is 8.32. The van der Waals surface area contributed by atoms with Gasteiger partial charge in [0.15, 0.2) is 0 Å². The molecule has 0 fully saturated rings. The van der Waals surface area contributed by atoms with Crippen molar-refractivity contribution < 1.29 is 22.7 Å². The van der Waals surface area contributed by atoms with Gasteiger partial charge < -0.3 is 20.7 Å². The Hall–Kier alpha value is -2.79. The van der Waals surface area contributed by atoms with E-state index in [1.165, 1.54) is 37.9 Å². The average Bonchev–Trinajstić information content (AvgIpc) is 2.91. The summed E-state index contributed by atoms with van der Waals surface area (Å²) in [7, 11) is -1.11. The SMILES string of the molecule is CCCN(CCC)C(=O)c1cc(C(=O)O[C@@H](CN)CNCc2cccc(CC)c2)cc(S(=O)(=O)N(C)C)c1. The lowest BCUT2D eigenvalue weighted by atomic mass is 10.1. The molecule has 9 nitrogen and oxygen atoms in total. The van der Waals surface area contributed by atoms with Crippen LogP contribution in [0.1, 0.15) is 65.5 Å². The number of hydrogen-bond donors (Lipinski definition) is 2.